The monoisotopic (exact) mass is 272 g/mol. The Labute approximate surface area is 115 Å². The lowest BCUT2D eigenvalue weighted by Crippen LogP contribution is -2.50. The summed E-state index contributed by atoms with van der Waals surface area (Å²) in [5.41, 5.74) is 7.32. The molecule has 2 heterocycles. The summed E-state index contributed by atoms with van der Waals surface area (Å²) >= 11 is 0. The maximum atomic E-state index is 12.3. The highest BCUT2D eigenvalue weighted by atomic mass is 16.2. The first-order chi connectivity index (χ1) is 9.51. The number of hydrogen-bond acceptors (Lipinski definition) is 3. The topological polar surface area (TPSA) is 89.2 Å². The Morgan fingerprint density at radius 1 is 1.30 bits per heavy atom. The number of aryl methyl sites for hydroxylation is 1. The maximum Gasteiger partial charge on any atom is 0.322 e. The van der Waals surface area contributed by atoms with Crippen LogP contribution in [0.1, 0.15) is 11.3 Å². The van der Waals surface area contributed by atoms with Gasteiger partial charge < -0.3 is 15.6 Å². The van der Waals surface area contributed by atoms with E-state index in [1.807, 2.05) is 42.8 Å². The number of para-hydroxylation sites is 1. The SMILES string of the molecule is Cc1c(C2(CN)NC(=O)NC2=O)c2ccccc2n1C. The lowest BCUT2D eigenvalue weighted by molar-refractivity contribution is -0.123. The Kier molecular flexibility index (Phi) is 2.58. The average molecular weight is 272 g/mol. The van der Waals surface area contributed by atoms with Gasteiger partial charge in [-0.2, -0.15) is 0 Å². The lowest BCUT2D eigenvalue weighted by atomic mass is 9.87. The number of nitrogens with two attached hydrogens (primary N) is 1. The third kappa shape index (κ3) is 1.42. The molecule has 1 atom stereocenters. The van der Waals surface area contributed by atoms with E-state index in [2.05, 4.69) is 10.6 Å². The van der Waals surface area contributed by atoms with Crippen molar-refractivity contribution >= 4 is 22.8 Å². The van der Waals surface area contributed by atoms with Crippen molar-refractivity contribution in [1.82, 2.24) is 15.2 Å². The molecule has 1 aromatic carbocycles. The van der Waals surface area contributed by atoms with Crippen LogP contribution < -0.4 is 16.4 Å². The summed E-state index contributed by atoms with van der Waals surface area (Å²) in [7, 11) is 1.93. The van der Waals surface area contributed by atoms with Crippen molar-refractivity contribution in [2.24, 2.45) is 12.8 Å². The molecule has 0 saturated carbocycles. The summed E-state index contributed by atoms with van der Waals surface area (Å²) in [6, 6.07) is 7.25. The third-order valence-electron chi connectivity index (χ3n) is 4.07. The Morgan fingerprint density at radius 2 is 2.00 bits per heavy atom. The molecule has 0 aliphatic carbocycles. The van der Waals surface area contributed by atoms with Crippen LogP contribution in [0.3, 0.4) is 0 Å². The van der Waals surface area contributed by atoms with Crippen molar-refractivity contribution in [3.05, 3.63) is 35.5 Å². The minimum Gasteiger partial charge on any atom is -0.348 e. The Hall–Kier alpha value is -2.34. The lowest BCUT2D eigenvalue weighted by Gasteiger charge is -2.25. The molecular weight excluding hydrogens is 256 g/mol. The number of nitrogens with one attached hydrogen (secondary N) is 2. The number of aromatic nitrogens is 1. The standard InChI is InChI=1S/C14H16N4O2/c1-8-11(9-5-3-4-6-10(9)18(8)2)14(7-15)12(19)16-13(20)17-14/h3-6H,7,15H2,1-2H3,(H2,16,17,19,20). The zero-order valence-corrected chi connectivity index (χ0v) is 11.4. The van der Waals surface area contributed by atoms with E-state index < -0.39 is 17.5 Å². The number of fused-ring (bicyclic) bond motifs is 1. The fourth-order valence-electron chi connectivity index (χ4n) is 2.97. The highest BCUT2D eigenvalue weighted by Gasteiger charge is 2.49. The van der Waals surface area contributed by atoms with Crippen molar-refractivity contribution in [2.75, 3.05) is 6.54 Å². The molecule has 3 amide bonds. The minimum atomic E-state index is -1.19. The number of amides is 3. The predicted octanol–water partition coefficient (Wildman–Crippen LogP) is 0.480. The number of carbonyl (C=O) groups excluding carboxylic acids is 2. The second-order valence-electron chi connectivity index (χ2n) is 5.05. The van der Waals surface area contributed by atoms with Crippen LogP contribution in [0.15, 0.2) is 24.3 Å². The Morgan fingerprint density at radius 3 is 2.60 bits per heavy atom. The highest BCUT2D eigenvalue weighted by Crippen LogP contribution is 2.35. The van der Waals surface area contributed by atoms with Gasteiger partial charge in [-0.25, -0.2) is 4.79 Å². The summed E-state index contributed by atoms with van der Waals surface area (Å²) in [6.07, 6.45) is 0. The molecule has 0 spiro atoms. The van der Waals surface area contributed by atoms with Crippen LogP contribution in [0.5, 0.6) is 0 Å². The molecule has 6 heteroatoms. The van der Waals surface area contributed by atoms with E-state index in [0.29, 0.717) is 0 Å². The molecule has 6 nitrogen and oxygen atoms in total. The first-order valence-corrected chi connectivity index (χ1v) is 6.39. The summed E-state index contributed by atoms with van der Waals surface area (Å²) in [5.74, 6) is -0.399. The number of imide groups is 1. The fourth-order valence-corrected chi connectivity index (χ4v) is 2.97. The molecule has 3 rings (SSSR count). The van der Waals surface area contributed by atoms with Crippen LogP contribution in [0.4, 0.5) is 4.79 Å². The number of hydrogen-bond donors (Lipinski definition) is 3. The third-order valence-corrected chi connectivity index (χ3v) is 4.07. The van der Waals surface area contributed by atoms with Gasteiger partial charge in [0.05, 0.1) is 0 Å². The molecular formula is C14H16N4O2. The maximum absolute atomic E-state index is 12.3. The van der Waals surface area contributed by atoms with Crippen molar-refractivity contribution in [1.29, 1.82) is 0 Å². The largest absolute Gasteiger partial charge is 0.348 e. The molecule has 1 aliphatic heterocycles. The predicted molar refractivity (Wildman–Crippen MR) is 75.1 cm³/mol. The van der Waals surface area contributed by atoms with E-state index >= 15 is 0 Å². The van der Waals surface area contributed by atoms with E-state index in [1.54, 1.807) is 0 Å². The van der Waals surface area contributed by atoms with Gasteiger partial charge in [-0.3, -0.25) is 10.1 Å². The smallest absolute Gasteiger partial charge is 0.322 e. The molecule has 0 radical (unpaired) electrons. The Bertz CT molecular complexity index is 734. The van der Waals surface area contributed by atoms with Crippen molar-refractivity contribution in [3.63, 3.8) is 0 Å². The van der Waals surface area contributed by atoms with E-state index in [9.17, 15) is 9.59 Å². The van der Waals surface area contributed by atoms with Crippen LogP contribution >= 0.6 is 0 Å². The second-order valence-corrected chi connectivity index (χ2v) is 5.05. The zero-order valence-electron chi connectivity index (χ0n) is 11.4. The summed E-state index contributed by atoms with van der Waals surface area (Å²) < 4.78 is 2.00. The van der Waals surface area contributed by atoms with Gasteiger partial charge in [0.1, 0.15) is 0 Å². The van der Waals surface area contributed by atoms with Crippen LogP contribution in [-0.2, 0) is 17.4 Å². The van der Waals surface area contributed by atoms with E-state index in [4.69, 9.17) is 5.73 Å². The number of nitrogens with zero attached hydrogens (tertiary/aromatic N) is 1. The molecule has 1 aliphatic rings. The first-order valence-electron chi connectivity index (χ1n) is 6.39. The normalized spacial score (nSPS) is 22.1. The number of carbonyl (C=O) groups is 2. The van der Waals surface area contributed by atoms with E-state index in [-0.39, 0.29) is 6.54 Å². The summed E-state index contributed by atoms with van der Waals surface area (Å²) in [4.78, 5) is 23.8. The van der Waals surface area contributed by atoms with Gasteiger partial charge >= 0.3 is 6.03 Å². The molecule has 20 heavy (non-hydrogen) atoms. The Balaban J connectivity index is 2.36. The molecule has 1 unspecified atom stereocenters. The molecule has 0 bridgehead atoms. The highest BCUT2D eigenvalue weighted by molar-refractivity contribution is 6.10. The second kappa shape index (κ2) is 4.08. The average Bonchev–Trinajstić information content (AvgIpc) is 2.86. The van der Waals surface area contributed by atoms with Gasteiger partial charge in [0, 0.05) is 35.8 Å². The van der Waals surface area contributed by atoms with Gasteiger partial charge in [0.2, 0.25) is 0 Å². The first kappa shape index (κ1) is 12.7. The molecule has 1 saturated heterocycles. The van der Waals surface area contributed by atoms with Gasteiger partial charge in [-0.15, -0.1) is 0 Å². The fraction of sp³-hybridized carbons (Fsp3) is 0.286. The quantitative estimate of drug-likeness (QED) is 0.695. The van der Waals surface area contributed by atoms with Crippen LogP contribution in [0, 0.1) is 6.92 Å². The molecule has 104 valence electrons. The molecule has 2 aromatic rings. The molecule has 1 aromatic heterocycles. The van der Waals surface area contributed by atoms with Crippen molar-refractivity contribution in [2.45, 2.75) is 12.5 Å². The summed E-state index contributed by atoms with van der Waals surface area (Å²) in [5, 5.41) is 5.90. The van der Waals surface area contributed by atoms with Gasteiger partial charge in [-0.05, 0) is 13.0 Å². The van der Waals surface area contributed by atoms with Gasteiger partial charge in [-0.1, -0.05) is 18.2 Å². The minimum absolute atomic E-state index is 0.0133. The van der Waals surface area contributed by atoms with Crippen molar-refractivity contribution < 1.29 is 9.59 Å². The van der Waals surface area contributed by atoms with Crippen LogP contribution in [0.25, 0.3) is 10.9 Å². The van der Waals surface area contributed by atoms with E-state index in [1.165, 1.54) is 0 Å². The number of benzene rings is 1. The number of rotatable bonds is 2. The van der Waals surface area contributed by atoms with Crippen LogP contribution in [0.2, 0.25) is 0 Å². The van der Waals surface area contributed by atoms with Crippen LogP contribution in [-0.4, -0.2) is 23.1 Å². The molecule has 1 fully saturated rings. The van der Waals surface area contributed by atoms with E-state index in [0.717, 1.165) is 22.2 Å². The number of urea groups is 1. The van der Waals surface area contributed by atoms with Gasteiger partial charge in [0.15, 0.2) is 5.54 Å². The van der Waals surface area contributed by atoms with Crippen molar-refractivity contribution in [3.8, 4) is 0 Å². The zero-order chi connectivity index (χ0) is 14.5. The summed E-state index contributed by atoms with van der Waals surface area (Å²) in [6.45, 7) is 1.93. The van der Waals surface area contributed by atoms with Gasteiger partial charge in [0.25, 0.3) is 5.91 Å². The molecule has 4 N–H and O–H groups in total.